The van der Waals surface area contributed by atoms with Crippen LogP contribution in [0.5, 0.6) is 0 Å². The summed E-state index contributed by atoms with van der Waals surface area (Å²) in [6, 6.07) is 0.250. The largest absolute Gasteiger partial charge is 0.382 e. The monoisotopic (exact) mass is 318 g/mol. The normalized spacial score (nSPS) is 22.3. The number of rotatable bonds is 5. The van der Waals surface area contributed by atoms with E-state index in [4.69, 9.17) is 0 Å². The molecule has 1 fully saturated rings. The summed E-state index contributed by atoms with van der Waals surface area (Å²) < 4.78 is 3.66. The van der Waals surface area contributed by atoms with Crippen LogP contribution < -0.4 is 0 Å². The molecule has 1 unspecified atom stereocenters. The standard InChI is InChI=1S/C16H26N6O/c1-5-14-13(8-20(4)18-14)9-21-7-6-16(23,11-21)15-10-22(12(2)3)19-17-15/h8,10,12,23H,5-7,9,11H2,1-4H3. The lowest BCUT2D eigenvalue weighted by atomic mass is 10.00. The molecule has 0 aromatic carbocycles. The highest BCUT2D eigenvalue weighted by Gasteiger charge is 2.40. The van der Waals surface area contributed by atoms with Gasteiger partial charge in [-0.3, -0.25) is 9.58 Å². The number of hydrogen-bond acceptors (Lipinski definition) is 5. The molecular weight excluding hydrogens is 292 g/mol. The van der Waals surface area contributed by atoms with Gasteiger partial charge in [0.25, 0.3) is 0 Å². The zero-order valence-electron chi connectivity index (χ0n) is 14.4. The van der Waals surface area contributed by atoms with Crippen LogP contribution in [0.15, 0.2) is 12.4 Å². The van der Waals surface area contributed by atoms with E-state index in [0.717, 1.165) is 25.2 Å². The third-order valence-corrected chi connectivity index (χ3v) is 4.56. The van der Waals surface area contributed by atoms with Crippen molar-refractivity contribution in [1.29, 1.82) is 0 Å². The maximum absolute atomic E-state index is 11.0. The van der Waals surface area contributed by atoms with Crippen LogP contribution in [0.3, 0.4) is 0 Å². The summed E-state index contributed by atoms with van der Waals surface area (Å²) >= 11 is 0. The summed E-state index contributed by atoms with van der Waals surface area (Å²) in [5.74, 6) is 0. The molecule has 0 aliphatic carbocycles. The van der Waals surface area contributed by atoms with Crippen LogP contribution in [-0.2, 0) is 25.6 Å². The summed E-state index contributed by atoms with van der Waals surface area (Å²) in [5, 5.41) is 23.8. The van der Waals surface area contributed by atoms with Gasteiger partial charge in [-0.2, -0.15) is 5.10 Å². The highest BCUT2D eigenvalue weighted by Crippen LogP contribution is 2.31. The lowest BCUT2D eigenvalue weighted by molar-refractivity contribution is 0.0408. The second-order valence-electron chi connectivity index (χ2n) is 6.80. The molecule has 0 spiro atoms. The predicted molar refractivity (Wildman–Crippen MR) is 86.8 cm³/mol. The topological polar surface area (TPSA) is 72.0 Å². The van der Waals surface area contributed by atoms with Crippen molar-refractivity contribution in [2.24, 2.45) is 7.05 Å². The van der Waals surface area contributed by atoms with Gasteiger partial charge >= 0.3 is 0 Å². The molecule has 1 saturated heterocycles. The van der Waals surface area contributed by atoms with Gasteiger partial charge in [0, 0.05) is 44.5 Å². The first-order chi connectivity index (χ1) is 10.9. The van der Waals surface area contributed by atoms with E-state index in [1.165, 1.54) is 5.56 Å². The number of aryl methyl sites for hydroxylation is 2. The van der Waals surface area contributed by atoms with Crippen molar-refractivity contribution in [3.8, 4) is 0 Å². The molecule has 2 aromatic heterocycles. The van der Waals surface area contributed by atoms with E-state index in [1.54, 1.807) is 4.68 Å². The van der Waals surface area contributed by atoms with Crippen LogP contribution in [0.1, 0.15) is 50.2 Å². The minimum atomic E-state index is -0.901. The number of nitrogens with zero attached hydrogens (tertiary/aromatic N) is 6. The fourth-order valence-electron chi connectivity index (χ4n) is 3.21. The average molecular weight is 318 g/mol. The van der Waals surface area contributed by atoms with E-state index >= 15 is 0 Å². The fourth-order valence-corrected chi connectivity index (χ4v) is 3.21. The van der Waals surface area contributed by atoms with Gasteiger partial charge in [0.15, 0.2) is 0 Å². The first kappa shape index (κ1) is 16.1. The summed E-state index contributed by atoms with van der Waals surface area (Å²) in [5.41, 5.74) is 2.15. The van der Waals surface area contributed by atoms with Crippen molar-refractivity contribution in [2.75, 3.05) is 13.1 Å². The van der Waals surface area contributed by atoms with Crippen LogP contribution in [0, 0.1) is 0 Å². The van der Waals surface area contributed by atoms with Gasteiger partial charge in [-0.25, -0.2) is 4.68 Å². The zero-order chi connectivity index (χ0) is 16.6. The third kappa shape index (κ3) is 3.16. The zero-order valence-corrected chi connectivity index (χ0v) is 14.4. The molecule has 1 atom stereocenters. The third-order valence-electron chi connectivity index (χ3n) is 4.56. The summed E-state index contributed by atoms with van der Waals surface area (Å²) in [6.07, 6.45) is 5.56. The van der Waals surface area contributed by atoms with Crippen molar-refractivity contribution in [3.63, 3.8) is 0 Å². The van der Waals surface area contributed by atoms with Crippen LogP contribution >= 0.6 is 0 Å². The molecule has 7 heteroatoms. The van der Waals surface area contributed by atoms with Crippen molar-refractivity contribution < 1.29 is 5.11 Å². The summed E-state index contributed by atoms with van der Waals surface area (Å²) in [4.78, 5) is 2.27. The van der Waals surface area contributed by atoms with E-state index in [1.807, 2.05) is 17.9 Å². The molecule has 3 rings (SSSR count). The molecule has 23 heavy (non-hydrogen) atoms. The number of β-amino-alcohol motifs (C(OH)–C–C–N with tert-alkyl or cyclic N) is 1. The summed E-state index contributed by atoms with van der Waals surface area (Å²) in [7, 11) is 1.95. The second-order valence-corrected chi connectivity index (χ2v) is 6.80. The number of likely N-dealkylation sites (tertiary alicyclic amines) is 1. The summed E-state index contributed by atoms with van der Waals surface area (Å²) in [6.45, 7) is 8.48. The van der Waals surface area contributed by atoms with Crippen LogP contribution in [-0.4, -0.2) is 47.9 Å². The van der Waals surface area contributed by atoms with Crippen molar-refractivity contribution in [1.82, 2.24) is 29.7 Å². The van der Waals surface area contributed by atoms with E-state index in [-0.39, 0.29) is 6.04 Å². The molecule has 3 heterocycles. The Labute approximate surface area is 136 Å². The van der Waals surface area contributed by atoms with Gasteiger partial charge in [0.05, 0.1) is 11.9 Å². The Bertz CT molecular complexity index is 676. The molecule has 0 bridgehead atoms. The molecule has 0 amide bonds. The predicted octanol–water partition coefficient (Wildman–Crippen LogP) is 1.25. The number of aromatic nitrogens is 5. The maximum atomic E-state index is 11.0. The Hall–Kier alpha value is -1.73. The molecule has 0 radical (unpaired) electrons. The highest BCUT2D eigenvalue weighted by atomic mass is 16.3. The fraction of sp³-hybridized carbons (Fsp3) is 0.688. The smallest absolute Gasteiger partial charge is 0.124 e. The van der Waals surface area contributed by atoms with Crippen LogP contribution in [0.4, 0.5) is 0 Å². The molecule has 1 N–H and O–H groups in total. The van der Waals surface area contributed by atoms with E-state index in [2.05, 4.69) is 47.3 Å². The van der Waals surface area contributed by atoms with E-state index < -0.39 is 5.60 Å². The minimum absolute atomic E-state index is 0.250. The first-order valence-electron chi connectivity index (χ1n) is 8.29. The quantitative estimate of drug-likeness (QED) is 0.898. The number of aliphatic hydroxyl groups is 1. The van der Waals surface area contributed by atoms with Gasteiger partial charge in [0.1, 0.15) is 11.3 Å². The molecule has 0 saturated carbocycles. The van der Waals surface area contributed by atoms with Gasteiger partial charge in [0.2, 0.25) is 0 Å². The van der Waals surface area contributed by atoms with Gasteiger partial charge in [-0.1, -0.05) is 12.1 Å². The van der Waals surface area contributed by atoms with Crippen molar-refractivity contribution >= 4 is 0 Å². The van der Waals surface area contributed by atoms with Crippen molar-refractivity contribution in [3.05, 3.63) is 29.3 Å². The molecule has 1 aliphatic rings. The van der Waals surface area contributed by atoms with Crippen LogP contribution in [0.25, 0.3) is 0 Å². The van der Waals surface area contributed by atoms with Gasteiger partial charge < -0.3 is 5.11 Å². The Morgan fingerprint density at radius 3 is 2.78 bits per heavy atom. The van der Waals surface area contributed by atoms with E-state index in [0.29, 0.717) is 18.7 Å². The van der Waals surface area contributed by atoms with Crippen LogP contribution in [0.2, 0.25) is 0 Å². The average Bonchev–Trinajstić information content (AvgIpc) is 3.19. The lowest BCUT2D eigenvalue weighted by Gasteiger charge is -2.21. The molecule has 126 valence electrons. The maximum Gasteiger partial charge on any atom is 0.124 e. The first-order valence-corrected chi connectivity index (χ1v) is 8.29. The molecule has 1 aliphatic heterocycles. The Morgan fingerprint density at radius 2 is 2.13 bits per heavy atom. The Balaban J connectivity index is 1.71. The molecule has 2 aromatic rings. The lowest BCUT2D eigenvalue weighted by Crippen LogP contribution is -2.31. The second kappa shape index (κ2) is 6.05. The SMILES string of the molecule is CCc1nn(C)cc1CN1CCC(O)(c2cn(C(C)C)nn2)C1. The van der Waals surface area contributed by atoms with Gasteiger partial charge in [-0.05, 0) is 26.7 Å². The molecular formula is C16H26N6O. The highest BCUT2D eigenvalue weighted by molar-refractivity contribution is 5.18. The molecule has 7 nitrogen and oxygen atoms in total. The number of hydrogen-bond donors (Lipinski definition) is 1. The minimum Gasteiger partial charge on any atom is -0.382 e. The van der Waals surface area contributed by atoms with Crippen molar-refractivity contribution in [2.45, 2.75) is 51.8 Å². The van der Waals surface area contributed by atoms with E-state index in [9.17, 15) is 5.11 Å². The Morgan fingerprint density at radius 1 is 1.35 bits per heavy atom. The van der Waals surface area contributed by atoms with Gasteiger partial charge in [-0.15, -0.1) is 5.10 Å². The Kier molecular flexibility index (Phi) is 4.25.